The lowest BCUT2D eigenvalue weighted by atomic mass is 9.86. The molecule has 0 aromatic heterocycles. The van der Waals surface area contributed by atoms with Gasteiger partial charge in [0.25, 0.3) is 0 Å². The minimum absolute atomic E-state index is 0.243. The average Bonchev–Trinajstić information content (AvgIpc) is 2.39. The highest BCUT2D eigenvalue weighted by Crippen LogP contribution is 2.24. The maximum Gasteiger partial charge on any atom is 0.144 e. The molecule has 0 fully saturated rings. The minimum Gasteiger partial charge on any atom is -0.493 e. The third kappa shape index (κ3) is 4.72. The summed E-state index contributed by atoms with van der Waals surface area (Å²) in [5.41, 5.74) is 6.10. The van der Waals surface area contributed by atoms with Gasteiger partial charge in [-0.15, -0.1) is 0 Å². The molecule has 0 saturated heterocycles. The van der Waals surface area contributed by atoms with Gasteiger partial charge in [-0.2, -0.15) is 0 Å². The van der Waals surface area contributed by atoms with E-state index in [0.717, 1.165) is 24.8 Å². The number of benzene rings is 1. The fourth-order valence-electron chi connectivity index (χ4n) is 1.89. The van der Waals surface area contributed by atoms with Gasteiger partial charge in [0, 0.05) is 5.41 Å². The number of nitrogens with zero attached hydrogens (tertiary/aromatic N) is 1. The summed E-state index contributed by atoms with van der Waals surface area (Å²) >= 11 is 0. The van der Waals surface area contributed by atoms with Crippen LogP contribution in [-0.2, 0) is 0 Å². The summed E-state index contributed by atoms with van der Waals surface area (Å²) in [4.78, 5) is 0. The van der Waals surface area contributed by atoms with E-state index >= 15 is 0 Å². The molecule has 112 valence electrons. The molecule has 4 nitrogen and oxygen atoms in total. The summed E-state index contributed by atoms with van der Waals surface area (Å²) in [6.07, 6.45) is 2.58. The van der Waals surface area contributed by atoms with Crippen LogP contribution in [0.4, 0.5) is 4.39 Å². The number of hydrogen-bond donors (Lipinski definition) is 2. The molecule has 0 heterocycles. The second-order valence-electron chi connectivity index (χ2n) is 5.58. The second kappa shape index (κ2) is 7.12. The lowest BCUT2D eigenvalue weighted by Crippen LogP contribution is -2.31. The maximum atomic E-state index is 12.9. The summed E-state index contributed by atoms with van der Waals surface area (Å²) in [5.74, 6) is 0.699. The van der Waals surface area contributed by atoms with E-state index in [9.17, 15) is 4.39 Å². The van der Waals surface area contributed by atoms with Crippen LogP contribution in [0.15, 0.2) is 23.4 Å². The highest BCUT2D eigenvalue weighted by atomic mass is 19.1. The van der Waals surface area contributed by atoms with Gasteiger partial charge in [0.1, 0.15) is 17.4 Å². The van der Waals surface area contributed by atoms with Gasteiger partial charge in [-0.25, -0.2) is 4.39 Å². The Hall–Kier alpha value is -1.78. The molecule has 0 aliphatic heterocycles. The fraction of sp³-hybridized carbons (Fsp3) is 0.533. The zero-order valence-corrected chi connectivity index (χ0v) is 12.3. The first-order valence-corrected chi connectivity index (χ1v) is 6.74. The molecule has 1 aromatic rings. The Kier molecular flexibility index (Phi) is 5.80. The molecule has 0 spiro atoms. The SMILES string of the molecule is Cc1cc(F)ccc1OCCCCC(C)(C)/C(N)=N/O. The van der Waals surface area contributed by atoms with Crippen molar-refractivity contribution in [2.75, 3.05) is 6.61 Å². The van der Waals surface area contributed by atoms with E-state index in [1.165, 1.54) is 12.1 Å². The Morgan fingerprint density at radius 1 is 1.40 bits per heavy atom. The van der Waals surface area contributed by atoms with E-state index in [-0.39, 0.29) is 17.1 Å². The van der Waals surface area contributed by atoms with Gasteiger partial charge >= 0.3 is 0 Å². The van der Waals surface area contributed by atoms with Crippen LogP contribution in [0, 0.1) is 18.2 Å². The molecule has 20 heavy (non-hydrogen) atoms. The second-order valence-corrected chi connectivity index (χ2v) is 5.58. The van der Waals surface area contributed by atoms with E-state index in [0.29, 0.717) is 12.4 Å². The van der Waals surface area contributed by atoms with Crippen LogP contribution in [0.1, 0.15) is 38.7 Å². The summed E-state index contributed by atoms with van der Waals surface area (Å²) in [6, 6.07) is 4.49. The monoisotopic (exact) mass is 282 g/mol. The molecule has 1 rings (SSSR count). The average molecular weight is 282 g/mol. The van der Waals surface area contributed by atoms with Crippen LogP contribution in [0.5, 0.6) is 5.75 Å². The number of halogens is 1. The van der Waals surface area contributed by atoms with Crippen LogP contribution in [0.3, 0.4) is 0 Å². The van der Waals surface area contributed by atoms with Gasteiger partial charge in [0.05, 0.1) is 6.61 Å². The van der Waals surface area contributed by atoms with Crippen LogP contribution in [-0.4, -0.2) is 17.6 Å². The molecule has 0 atom stereocenters. The van der Waals surface area contributed by atoms with Crippen molar-refractivity contribution in [3.8, 4) is 5.75 Å². The number of hydrogen-bond acceptors (Lipinski definition) is 3. The van der Waals surface area contributed by atoms with Gasteiger partial charge in [-0.3, -0.25) is 0 Å². The number of rotatable bonds is 7. The van der Waals surface area contributed by atoms with Crippen molar-refractivity contribution in [2.24, 2.45) is 16.3 Å². The first-order valence-electron chi connectivity index (χ1n) is 6.74. The molecule has 0 aliphatic carbocycles. The molecule has 3 N–H and O–H groups in total. The molecular weight excluding hydrogens is 259 g/mol. The summed E-state index contributed by atoms with van der Waals surface area (Å²) < 4.78 is 18.5. The zero-order chi connectivity index (χ0) is 15.2. The lowest BCUT2D eigenvalue weighted by molar-refractivity contribution is 0.287. The van der Waals surface area contributed by atoms with Gasteiger partial charge in [0.2, 0.25) is 0 Å². The van der Waals surface area contributed by atoms with E-state index in [4.69, 9.17) is 15.7 Å². The first-order chi connectivity index (χ1) is 9.36. The predicted molar refractivity (Wildman–Crippen MR) is 77.7 cm³/mol. The molecule has 1 aromatic carbocycles. The van der Waals surface area contributed by atoms with Gasteiger partial charge in [-0.1, -0.05) is 19.0 Å². The number of ether oxygens (including phenoxy) is 1. The molecule has 5 heteroatoms. The summed E-state index contributed by atoms with van der Waals surface area (Å²) in [7, 11) is 0. The van der Waals surface area contributed by atoms with Crippen molar-refractivity contribution in [1.29, 1.82) is 0 Å². The molecule has 0 aliphatic rings. The Morgan fingerprint density at radius 2 is 2.10 bits per heavy atom. The number of oxime groups is 1. The van der Waals surface area contributed by atoms with Crippen LogP contribution in [0.2, 0.25) is 0 Å². The normalized spacial score (nSPS) is 12.5. The van der Waals surface area contributed by atoms with E-state index < -0.39 is 0 Å². The zero-order valence-electron chi connectivity index (χ0n) is 12.3. The topological polar surface area (TPSA) is 67.8 Å². The van der Waals surface area contributed by atoms with Crippen LogP contribution >= 0.6 is 0 Å². The number of nitrogens with two attached hydrogens (primary N) is 1. The molecule has 0 bridgehead atoms. The van der Waals surface area contributed by atoms with Crippen molar-refractivity contribution in [3.05, 3.63) is 29.6 Å². The summed E-state index contributed by atoms with van der Waals surface area (Å²) in [5, 5.41) is 11.7. The van der Waals surface area contributed by atoms with Crippen molar-refractivity contribution < 1.29 is 14.3 Å². The molecular formula is C15H23FN2O2. The van der Waals surface area contributed by atoms with E-state index in [1.54, 1.807) is 6.07 Å². The molecule has 0 radical (unpaired) electrons. The first kappa shape index (κ1) is 16.3. The van der Waals surface area contributed by atoms with E-state index in [2.05, 4.69) is 5.16 Å². The number of aryl methyl sites for hydroxylation is 1. The van der Waals surface area contributed by atoms with Crippen LogP contribution < -0.4 is 10.5 Å². The molecule has 0 unspecified atom stereocenters. The maximum absolute atomic E-state index is 12.9. The largest absolute Gasteiger partial charge is 0.493 e. The van der Waals surface area contributed by atoms with Crippen LogP contribution in [0.25, 0.3) is 0 Å². The number of amidine groups is 1. The van der Waals surface area contributed by atoms with Gasteiger partial charge < -0.3 is 15.7 Å². The molecule has 0 amide bonds. The van der Waals surface area contributed by atoms with Gasteiger partial charge in [-0.05, 0) is 49.9 Å². The quantitative estimate of drug-likeness (QED) is 0.264. The summed E-state index contributed by atoms with van der Waals surface area (Å²) in [6.45, 7) is 6.26. The third-order valence-electron chi connectivity index (χ3n) is 3.39. The van der Waals surface area contributed by atoms with Crippen molar-refractivity contribution in [3.63, 3.8) is 0 Å². The lowest BCUT2D eigenvalue weighted by Gasteiger charge is -2.22. The third-order valence-corrected chi connectivity index (χ3v) is 3.39. The predicted octanol–water partition coefficient (Wildman–Crippen LogP) is 3.46. The van der Waals surface area contributed by atoms with Crippen molar-refractivity contribution in [1.82, 2.24) is 0 Å². The number of unbranched alkanes of at least 4 members (excludes halogenated alkanes) is 1. The Balaban J connectivity index is 2.32. The Morgan fingerprint density at radius 3 is 2.70 bits per heavy atom. The fourth-order valence-corrected chi connectivity index (χ4v) is 1.89. The smallest absolute Gasteiger partial charge is 0.144 e. The van der Waals surface area contributed by atoms with Crippen molar-refractivity contribution in [2.45, 2.75) is 40.0 Å². The minimum atomic E-state index is -0.319. The van der Waals surface area contributed by atoms with E-state index in [1.807, 2.05) is 20.8 Å². The Labute approximate surface area is 119 Å². The highest BCUT2D eigenvalue weighted by Gasteiger charge is 2.22. The molecule has 0 saturated carbocycles. The highest BCUT2D eigenvalue weighted by molar-refractivity contribution is 5.85. The van der Waals surface area contributed by atoms with Gasteiger partial charge in [0.15, 0.2) is 0 Å². The van der Waals surface area contributed by atoms with Crippen molar-refractivity contribution >= 4 is 5.84 Å². The standard InChI is InChI=1S/C15H23FN2O2/c1-11-10-12(16)6-7-13(11)20-9-5-4-8-15(2,3)14(17)18-19/h6-7,10,19H,4-5,8-9H2,1-3H3,(H2,17,18). The Bertz CT molecular complexity index is 473.